The fourth-order valence-electron chi connectivity index (χ4n) is 1.81. The summed E-state index contributed by atoms with van der Waals surface area (Å²) in [7, 11) is 1.87. The molecule has 19 heavy (non-hydrogen) atoms. The van der Waals surface area contributed by atoms with E-state index in [4.69, 9.17) is 4.74 Å². The lowest BCUT2D eigenvalue weighted by atomic mass is 10.1. The van der Waals surface area contributed by atoms with E-state index in [1.165, 1.54) is 6.07 Å². The quantitative estimate of drug-likeness (QED) is 0.899. The van der Waals surface area contributed by atoms with E-state index >= 15 is 0 Å². The van der Waals surface area contributed by atoms with Crippen molar-refractivity contribution in [2.24, 2.45) is 0 Å². The number of rotatable bonds is 4. The normalized spacial score (nSPS) is 10.5. The Kier molecular flexibility index (Phi) is 4.56. The van der Waals surface area contributed by atoms with Gasteiger partial charge < -0.3 is 10.1 Å². The van der Waals surface area contributed by atoms with Crippen LogP contribution in [-0.4, -0.2) is 7.05 Å². The third-order valence-corrected chi connectivity index (χ3v) is 3.19. The number of halogens is 2. The van der Waals surface area contributed by atoms with Gasteiger partial charge in [-0.1, -0.05) is 33.6 Å². The van der Waals surface area contributed by atoms with Crippen molar-refractivity contribution in [3.8, 4) is 11.5 Å². The van der Waals surface area contributed by atoms with Crippen molar-refractivity contribution in [1.82, 2.24) is 5.32 Å². The van der Waals surface area contributed by atoms with Crippen LogP contribution in [-0.2, 0) is 6.54 Å². The molecule has 2 rings (SSSR count). The van der Waals surface area contributed by atoms with Gasteiger partial charge in [0, 0.05) is 16.6 Å². The van der Waals surface area contributed by atoms with Gasteiger partial charge in [0.2, 0.25) is 0 Å². The minimum absolute atomic E-state index is 0.226. The van der Waals surface area contributed by atoms with Gasteiger partial charge in [-0.2, -0.15) is 0 Å². The molecule has 0 aromatic heterocycles. The lowest BCUT2D eigenvalue weighted by Crippen LogP contribution is -2.06. The standard InChI is InChI=1S/C15H15BrFNO/c1-10-3-5-14(11(7-10)9-18-2)19-15-6-4-12(16)8-13(15)17/h3-8,18H,9H2,1-2H3. The summed E-state index contributed by atoms with van der Waals surface area (Å²) in [6.07, 6.45) is 0. The number of benzene rings is 2. The van der Waals surface area contributed by atoms with Crippen molar-refractivity contribution >= 4 is 15.9 Å². The Bertz CT molecular complexity index is 586. The second-order valence-corrected chi connectivity index (χ2v) is 5.23. The van der Waals surface area contributed by atoms with E-state index in [2.05, 4.69) is 21.2 Å². The highest BCUT2D eigenvalue weighted by atomic mass is 79.9. The third kappa shape index (κ3) is 3.55. The van der Waals surface area contributed by atoms with Crippen LogP contribution in [0.25, 0.3) is 0 Å². The highest BCUT2D eigenvalue weighted by molar-refractivity contribution is 9.10. The average molecular weight is 324 g/mol. The van der Waals surface area contributed by atoms with Crippen LogP contribution in [0.2, 0.25) is 0 Å². The zero-order chi connectivity index (χ0) is 13.8. The van der Waals surface area contributed by atoms with Crippen molar-refractivity contribution < 1.29 is 9.13 Å². The fourth-order valence-corrected chi connectivity index (χ4v) is 2.15. The predicted molar refractivity (Wildman–Crippen MR) is 78.1 cm³/mol. The first kappa shape index (κ1) is 14.0. The van der Waals surface area contributed by atoms with Crippen LogP contribution in [0, 0.1) is 12.7 Å². The molecule has 2 aromatic rings. The maximum absolute atomic E-state index is 13.8. The molecule has 0 unspecified atom stereocenters. The molecule has 100 valence electrons. The molecule has 0 amide bonds. The summed E-state index contributed by atoms with van der Waals surface area (Å²) in [6.45, 7) is 2.69. The smallest absolute Gasteiger partial charge is 0.166 e. The molecule has 0 saturated carbocycles. The van der Waals surface area contributed by atoms with Gasteiger partial charge in [-0.15, -0.1) is 0 Å². The summed E-state index contributed by atoms with van der Waals surface area (Å²) in [4.78, 5) is 0. The molecule has 0 bridgehead atoms. The molecule has 1 N–H and O–H groups in total. The molecule has 2 aromatic carbocycles. The molecule has 0 radical (unpaired) electrons. The van der Waals surface area contributed by atoms with Crippen LogP contribution in [0.3, 0.4) is 0 Å². The van der Waals surface area contributed by atoms with Gasteiger partial charge in [0.05, 0.1) is 0 Å². The highest BCUT2D eigenvalue weighted by Crippen LogP contribution is 2.29. The topological polar surface area (TPSA) is 21.3 Å². The average Bonchev–Trinajstić information content (AvgIpc) is 2.36. The summed E-state index contributed by atoms with van der Waals surface area (Å²) >= 11 is 3.23. The van der Waals surface area contributed by atoms with Crippen LogP contribution < -0.4 is 10.1 Å². The first-order valence-corrected chi connectivity index (χ1v) is 6.76. The van der Waals surface area contributed by atoms with E-state index < -0.39 is 0 Å². The second-order valence-electron chi connectivity index (χ2n) is 4.32. The highest BCUT2D eigenvalue weighted by Gasteiger charge is 2.09. The molecular weight excluding hydrogens is 309 g/mol. The zero-order valence-electron chi connectivity index (χ0n) is 10.8. The monoisotopic (exact) mass is 323 g/mol. The van der Waals surface area contributed by atoms with Gasteiger partial charge in [0.1, 0.15) is 5.75 Å². The number of aryl methyl sites for hydroxylation is 1. The molecule has 0 aliphatic carbocycles. The Balaban J connectivity index is 2.32. The molecule has 2 nitrogen and oxygen atoms in total. The minimum atomic E-state index is -0.384. The van der Waals surface area contributed by atoms with E-state index in [9.17, 15) is 4.39 Å². The van der Waals surface area contributed by atoms with Gasteiger partial charge in [-0.05, 0) is 38.2 Å². The molecular formula is C15H15BrFNO. The van der Waals surface area contributed by atoms with E-state index in [0.29, 0.717) is 16.8 Å². The first-order valence-electron chi connectivity index (χ1n) is 5.97. The minimum Gasteiger partial charge on any atom is -0.454 e. The molecule has 0 heterocycles. The lowest BCUT2D eigenvalue weighted by molar-refractivity contribution is 0.436. The Labute approximate surface area is 120 Å². The third-order valence-electron chi connectivity index (χ3n) is 2.70. The molecule has 0 atom stereocenters. The predicted octanol–water partition coefficient (Wildman–Crippen LogP) is 4.41. The van der Waals surface area contributed by atoms with E-state index in [1.54, 1.807) is 12.1 Å². The van der Waals surface area contributed by atoms with Gasteiger partial charge in [0.15, 0.2) is 11.6 Å². The van der Waals surface area contributed by atoms with Crippen LogP contribution >= 0.6 is 15.9 Å². The maximum atomic E-state index is 13.8. The summed E-state index contributed by atoms with van der Waals surface area (Å²) in [5.74, 6) is 0.510. The Morgan fingerprint density at radius 3 is 2.58 bits per heavy atom. The van der Waals surface area contributed by atoms with Crippen LogP contribution in [0.4, 0.5) is 4.39 Å². The van der Waals surface area contributed by atoms with E-state index in [-0.39, 0.29) is 11.6 Å². The molecule has 0 aliphatic heterocycles. The fraction of sp³-hybridized carbons (Fsp3) is 0.200. The maximum Gasteiger partial charge on any atom is 0.166 e. The molecule has 0 spiro atoms. The Morgan fingerprint density at radius 2 is 1.89 bits per heavy atom. The van der Waals surface area contributed by atoms with Crippen LogP contribution in [0.1, 0.15) is 11.1 Å². The van der Waals surface area contributed by atoms with Crippen molar-refractivity contribution in [3.63, 3.8) is 0 Å². The van der Waals surface area contributed by atoms with Gasteiger partial charge in [-0.25, -0.2) is 4.39 Å². The van der Waals surface area contributed by atoms with E-state index in [1.807, 2.05) is 32.2 Å². The number of ether oxygens (including phenoxy) is 1. The zero-order valence-corrected chi connectivity index (χ0v) is 12.4. The van der Waals surface area contributed by atoms with Crippen molar-refractivity contribution in [1.29, 1.82) is 0 Å². The van der Waals surface area contributed by atoms with Crippen molar-refractivity contribution in [3.05, 3.63) is 57.8 Å². The lowest BCUT2D eigenvalue weighted by Gasteiger charge is -2.12. The SMILES string of the molecule is CNCc1cc(C)ccc1Oc1ccc(Br)cc1F. The van der Waals surface area contributed by atoms with Crippen LogP contribution in [0.15, 0.2) is 40.9 Å². The number of hydrogen-bond acceptors (Lipinski definition) is 2. The van der Waals surface area contributed by atoms with Gasteiger partial charge in [-0.3, -0.25) is 0 Å². The first-order chi connectivity index (χ1) is 9.10. The molecule has 4 heteroatoms. The summed E-state index contributed by atoms with van der Waals surface area (Å²) in [5.41, 5.74) is 2.15. The van der Waals surface area contributed by atoms with Gasteiger partial charge in [0.25, 0.3) is 0 Å². The number of nitrogens with one attached hydrogen (secondary N) is 1. The molecule has 0 aliphatic rings. The summed E-state index contributed by atoms with van der Waals surface area (Å²) < 4.78 is 20.1. The molecule has 0 saturated heterocycles. The van der Waals surface area contributed by atoms with Crippen molar-refractivity contribution in [2.75, 3.05) is 7.05 Å². The molecule has 0 fully saturated rings. The van der Waals surface area contributed by atoms with Crippen molar-refractivity contribution in [2.45, 2.75) is 13.5 Å². The van der Waals surface area contributed by atoms with Crippen LogP contribution in [0.5, 0.6) is 11.5 Å². The van der Waals surface area contributed by atoms with E-state index in [0.717, 1.165) is 11.1 Å². The van der Waals surface area contributed by atoms with Gasteiger partial charge >= 0.3 is 0 Å². The Hall–Kier alpha value is -1.39. The second kappa shape index (κ2) is 6.17. The summed E-state index contributed by atoms with van der Waals surface area (Å²) in [6, 6.07) is 10.6. The largest absolute Gasteiger partial charge is 0.454 e. The Morgan fingerprint density at radius 1 is 1.16 bits per heavy atom. The summed E-state index contributed by atoms with van der Waals surface area (Å²) in [5, 5.41) is 3.08. The number of hydrogen-bond donors (Lipinski definition) is 1.